The van der Waals surface area contributed by atoms with E-state index in [9.17, 15) is 19.2 Å². The number of carbonyl (C=O) groups is 4. The second-order valence-corrected chi connectivity index (χ2v) is 17.2. The summed E-state index contributed by atoms with van der Waals surface area (Å²) in [5.74, 6) is -0.427. The SMILES string of the molecule is C=CCCCCCCCCCNC(=O)c1cc(NC(=O)CNC(=O)c2cc(NC(=O)CCCCCCCCC=C)ccc2OCCCCCCCC)ccc1OCCCCCCCC. The Kier molecular flexibility index (Phi) is 32.7. The van der Waals surface area contributed by atoms with Gasteiger partial charge >= 0.3 is 0 Å². The van der Waals surface area contributed by atoms with Crippen LogP contribution in [0.2, 0.25) is 0 Å². The number of amides is 4. The zero-order valence-corrected chi connectivity index (χ0v) is 40.1. The summed E-state index contributed by atoms with van der Waals surface area (Å²) in [6, 6.07) is 10.2. The molecule has 0 saturated carbocycles. The maximum atomic E-state index is 13.7. The highest BCUT2D eigenvalue weighted by Crippen LogP contribution is 2.26. The number of ether oxygens (including phenoxy) is 2. The summed E-state index contributed by atoms with van der Waals surface area (Å²) in [7, 11) is 0. The lowest BCUT2D eigenvalue weighted by atomic mass is 10.1. The van der Waals surface area contributed by atoms with Gasteiger partial charge in [0.2, 0.25) is 11.8 Å². The zero-order chi connectivity index (χ0) is 46.3. The smallest absolute Gasteiger partial charge is 0.255 e. The van der Waals surface area contributed by atoms with Gasteiger partial charge in [-0.1, -0.05) is 148 Å². The van der Waals surface area contributed by atoms with Crippen LogP contribution in [0.15, 0.2) is 61.7 Å². The minimum atomic E-state index is -0.494. The average Bonchev–Trinajstić information content (AvgIpc) is 3.29. The fraction of sp³-hybridized carbons (Fsp3) is 0.630. The lowest BCUT2D eigenvalue weighted by Gasteiger charge is -2.15. The quantitative estimate of drug-likeness (QED) is 0.0388. The summed E-state index contributed by atoms with van der Waals surface area (Å²) in [4.78, 5) is 53.3. The number of unbranched alkanes of at least 4 members (excludes halogenated alkanes) is 23. The molecule has 0 bridgehead atoms. The first-order valence-corrected chi connectivity index (χ1v) is 25.2. The lowest BCUT2D eigenvalue weighted by Crippen LogP contribution is -2.33. The van der Waals surface area contributed by atoms with Crippen molar-refractivity contribution < 1.29 is 28.7 Å². The van der Waals surface area contributed by atoms with Crippen molar-refractivity contribution in [3.05, 3.63) is 72.8 Å². The molecule has 358 valence electrons. The van der Waals surface area contributed by atoms with Crippen LogP contribution in [-0.2, 0) is 9.59 Å². The molecule has 0 aromatic heterocycles. The van der Waals surface area contributed by atoms with Crippen molar-refractivity contribution in [3.8, 4) is 11.5 Å². The summed E-state index contributed by atoms with van der Waals surface area (Å²) < 4.78 is 12.2. The van der Waals surface area contributed by atoms with E-state index in [1.807, 2.05) is 12.2 Å². The molecule has 2 rings (SSSR count). The Labute approximate surface area is 388 Å². The summed E-state index contributed by atoms with van der Waals surface area (Å²) in [6.07, 6.45) is 34.2. The van der Waals surface area contributed by atoms with Crippen LogP contribution in [0.5, 0.6) is 11.5 Å². The number of allylic oxidation sites excluding steroid dienone is 2. The van der Waals surface area contributed by atoms with Crippen molar-refractivity contribution in [1.82, 2.24) is 10.6 Å². The topological polar surface area (TPSA) is 135 Å². The van der Waals surface area contributed by atoms with Crippen LogP contribution in [0.25, 0.3) is 0 Å². The van der Waals surface area contributed by atoms with Gasteiger partial charge in [-0.25, -0.2) is 0 Å². The Hall–Kier alpha value is -4.60. The van der Waals surface area contributed by atoms with Gasteiger partial charge < -0.3 is 30.7 Å². The summed E-state index contributed by atoms with van der Waals surface area (Å²) >= 11 is 0. The van der Waals surface area contributed by atoms with Crippen molar-refractivity contribution >= 4 is 35.0 Å². The van der Waals surface area contributed by atoms with Crippen LogP contribution in [-0.4, -0.2) is 49.9 Å². The van der Waals surface area contributed by atoms with E-state index in [4.69, 9.17) is 9.47 Å². The first-order valence-electron chi connectivity index (χ1n) is 25.2. The molecule has 0 fully saturated rings. The molecule has 0 heterocycles. The van der Waals surface area contributed by atoms with E-state index in [1.54, 1.807) is 36.4 Å². The minimum absolute atomic E-state index is 0.106. The summed E-state index contributed by atoms with van der Waals surface area (Å²) in [5.41, 5.74) is 1.52. The molecule has 0 spiro atoms. The monoisotopic (exact) mass is 887 g/mol. The Bertz CT molecular complexity index is 1610. The average molecular weight is 887 g/mol. The third kappa shape index (κ3) is 26.9. The van der Waals surface area contributed by atoms with E-state index in [0.29, 0.717) is 54.6 Å². The molecule has 0 aliphatic carbocycles. The lowest BCUT2D eigenvalue weighted by molar-refractivity contribution is -0.116. The van der Waals surface area contributed by atoms with Crippen molar-refractivity contribution in [2.24, 2.45) is 0 Å². The molecular formula is C54H86N4O6. The normalized spacial score (nSPS) is 10.8. The van der Waals surface area contributed by atoms with E-state index in [0.717, 1.165) is 103 Å². The molecule has 2 aromatic rings. The van der Waals surface area contributed by atoms with Gasteiger partial charge in [0.05, 0.1) is 30.9 Å². The Morgan fingerprint density at radius 3 is 1.38 bits per heavy atom. The van der Waals surface area contributed by atoms with Gasteiger partial charge in [-0.2, -0.15) is 0 Å². The van der Waals surface area contributed by atoms with E-state index >= 15 is 0 Å². The molecule has 10 heteroatoms. The molecule has 0 radical (unpaired) electrons. The van der Waals surface area contributed by atoms with Gasteiger partial charge in [0.15, 0.2) is 0 Å². The zero-order valence-electron chi connectivity index (χ0n) is 40.1. The first-order chi connectivity index (χ1) is 31.3. The maximum absolute atomic E-state index is 13.7. The molecular weight excluding hydrogens is 801 g/mol. The molecule has 0 aliphatic rings. The number of carbonyl (C=O) groups excluding carboxylic acids is 4. The highest BCUT2D eigenvalue weighted by molar-refractivity contribution is 6.03. The van der Waals surface area contributed by atoms with Crippen molar-refractivity contribution in [3.63, 3.8) is 0 Å². The third-order valence-electron chi connectivity index (χ3n) is 11.4. The third-order valence-corrected chi connectivity index (χ3v) is 11.4. The molecule has 0 saturated heterocycles. The molecule has 10 nitrogen and oxygen atoms in total. The predicted molar refractivity (Wildman–Crippen MR) is 267 cm³/mol. The van der Waals surface area contributed by atoms with Gasteiger partial charge in [-0.3, -0.25) is 19.2 Å². The van der Waals surface area contributed by atoms with Crippen LogP contribution in [0, 0.1) is 0 Å². The van der Waals surface area contributed by atoms with Crippen LogP contribution in [0.3, 0.4) is 0 Å². The number of nitrogens with one attached hydrogen (secondary N) is 4. The van der Waals surface area contributed by atoms with E-state index < -0.39 is 11.8 Å². The first kappa shape index (κ1) is 55.5. The molecule has 0 atom stereocenters. The standard InChI is InChI=1S/C54H86N4O6/c1-5-9-13-17-21-23-25-27-31-39-55-53(61)47-43-46(36-38-49(47)63-40-32-28-19-15-11-7-3)58-52(60)44-56-54(62)48-42-45(35-37-50(48)64-41-33-29-20-16-12-8-4)57-51(59)34-30-26-24-22-18-14-10-6-2/h5-6,35-38,42-43H,1-2,7-34,39-41,44H2,3-4H3,(H,55,61)(H,56,62)(H,57,59)(H,58,60). The Morgan fingerprint density at radius 1 is 0.484 bits per heavy atom. The fourth-order valence-electron chi connectivity index (χ4n) is 7.51. The predicted octanol–water partition coefficient (Wildman–Crippen LogP) is 13.8. The number of rotatable bonds is 41. The highest BCUT2D eigenvalue weighted by Gasteiger charge is 2.18. The van der Waals surface area contributed by atoms with Crippen LogP contribution >= 0.6 is 0 Å². The highest BCUT2D eigenvalue weighted by atomic mass is 16.5. The van der Waals surface area contributed by atoms with Crippen molar-refractivity contribution in [2.45, 2.75) is 194 Å². The van der Waals surface area contributed by atoms with Crippen LogP contribution in [0.4, 0.5) is 11.4 Å². The fourth-order valence-corrected chi connectivity index (χ4v) is 7.51. The van der Waals surface area contributed by atoms with E-state index in [2.05, 4.69) is 48.3 Å². The van der Waals surface area contributed by atoms with Gasteiger partial charge in [0, 0.05) is 24.3 Å². The molecule has 0 unspecified atom stereocenters. The summed E-state index contributed by atoms with van der Waals surface area (Å²) in [6.45, 7) is 13.2. The van der Waals surface area contributed by atoms with Crippen molar-refractivity contribution in [1.29, 1.82) is 0 Å². The minimum Gasteiger partial charge on any atom is -0.493 e. The Morgan fingerprint density at radius 2 is 0.891 bits per heavy atom. The number of hydrogen-bond acceptors (Lipinski definition) is 6. The summed E-state index contributed by atoms with van der Waals surface area (Å²) in [5, 5.41) is 11.6. The molecule has 4 N–H and O–H groups in total. The molecule has 0 aliphatic heterocycles. The van der Waals surface area contributed by atoms with E-state index in [1.165, 1.54) is 70.6 Å². The van der Waals surface area contributed by atoms with Gasteiger partial charge in [0.1, 0.15) is 11.5 Å². The second kappa shape index (κ2) is 37.7. The number of hydrogen-bond donors (Lipinski definition) is 4. The molecule has 64 heavy (non-hydrogen) atoms. The maximum Gasteiger partial charge on any atom is 0.255 e. The van der Waals surface area contributed by atoms with E-state index in [-0.39, 0.29) is 23.9 Å². The van der Waals surface area contributed by atoms with Crippen LogP contribution in [0.1, 0.15) is 214 Å². The second-order valence-electron chi connectivity index (χ2n) is 17.2. The van der Waals surface area contributed by atoms with Gasteiger partial charge in [-0.05, 0) is 87.8 Å². The van der Waals surface area contributed by atoms with Crippen molar-refractivity contribution in [2.75, 3.05) is 36.9 Å². The van der Waals surface area contributed by atoms with Gasteiger partial charge in [-0.15, -0.1) is 13.2 Å². The number of anilines is 2. The van der Waals surface area contributed by atoms with Crippen LogP contribution < -0.4 is 30.7 Å². The molecule has 4 amide bonds. The Balaban J connectivity index is 2.05. The van der Waals surface area contributed by atoms with Gasteiger partial charge in [0.25, 0.3) is 11.8 Å². The number of benzene rings is 2. The largest absolute Gasteiger partial charge is 0.493 e. The molecule has 2 aromatic carbocycles.